The van der Waals surface area contributed by atoms with Crippen LogP contribution in [0.15, 0.2) is 84.0 Å². The number of nitriles is 1. The van der Waals surface area contributed by atoms with Crippen LogP contribution in [-0.4, -0.2) is 25.9 Å². The van der Waals surface area contributed by atoms with Gasteiger partial charge in [0.15, 0.2) is 11.0 Å². The number of aromatic nitrogens is 3. The summed E-state index contributed by atoms with van der Waals surface area (Å²) in [5.41, 5.74) is 4.11. The van der Waals surface area contributed by atoms with Gasteiger partial charge < -0.3 is 5.32 Å². The zero-order chi connectivity index (χ0) is 22.5. The van der Waals surface area contributed by atoms with Crippen LogP contribution in [0.2, 0.25) is 0 Å². The lowest BCUT2D eigenvalue weighted by Gasteiger charge is -2.14. The van der Waals surface area contributed by atoms with Gasteiger partial charge in [0.05, 0.1) is 16.9 Å². The van der Waals surface area contributed by atoms with E-state index in [2.05, 4.69) is 21.6 Å². The molecule has 0 saturated heterocycles. The smallest absolute Gasteiger partial charge is 0.237 e. The molecule has 0 aliphatic heterocycles. The number of anilines is 1. The van der Waals surface area contributed by atoms with Crippen molar-refractivity contribution >= 4 is 23.4 Å². The van der Waals surface area contributed by atoms with E-state index < -0.39 is 5.25 Å². The molecule has 0 aliphatic rings. The Morgan fingerprint density at radius 3 is 2.50 bits per heavy atom. The molecule has 0 bridgehead atoms. The Hall–Kier alpha value is -3.89. The van der Waals surface area contributed by atoms with Crippen LogP contribution in [0.5, 0.6) is 0 Å². The molecular weight excluding hydrogens is 418 g/mol. The van der Waals surface area contributed by atoms with Crippen molar-refractivity contribution in [1.82, 2.24) is 14.8 Å². The summed E-state index contributed by atoms with van der Waals surface area (Å²) in [6.07, 6.45) is 0. The third-order valence-corrected chi connectivity index (χ3v) is 5.91. The van der Waals surface area contributed by atoms with Crippen molar-refractivity contribution in [2.75, 3.05) is 5.32 Å². The fourth-order valence-electron chi connectivity index (χ4n) is 3.17. The van der Waals surface area contributed by atoms with Crippen molar-refractivity contribution in [2.45, 2.75) is 24.3 Å². The van der Waals surface area contributed by atoms with E-state index in [-0.39, 0.29) is 5.91 Å². The third kappa shape index (κ3) is 4.71. The minimum atomic E-state index is -0.433. The largest absolute Gasteiger partial charge is 0.325 e. The zero-order valence-corrected chi connectivity index (χ0v) is 18.5. The molecule has 0 radical (unpaired) electrons. The second-order valence-corrected chi connectivity index (χ2v) is 8.59. The number of hydrogen-bond acceptors (Lipinski definition) is 5. The number of nitrogens with one attached hydrogen (secondary N) is 1. The monoisotopic (exact) mass is 439 g/mol. The van der Waals surface area contributed by atoms with Gasteiger partial charge in [-0.2, -0.15) is 5.26 Å². The Kier molecular flexibility index (Phi) is 6.34. The van der Waals surface area contributed by atoms with Crippen molar-refractivity contribution < 1.29 is 4.79 Å². The molecule has 0 fully saturated rings. The number of carbonyl (C=O) groups is 1. The average Bonchev–Trinajstić information content (AvgIpc) is 3.23. The van der Waals surface area contributed by atoms with Crippen molar-refractivity contribution in [1.29, 1.82) is 5.26 Å². The highest BCUT2D eigenvalue weighted by atomic mass is 32.2. The molecule has 1 N–H and O–H groups in total. The lowest BCUT2D eigenvalue weighted by Crippen LogP contribution is -2.23. The van der Waals surface area contributed by atoms with Crippen LogP contribution < -0.4 is 5.32 Å². The maximum Gasteiger partial charge on any atom is 0.237 e. The van der Waals surface area contributed by atoms with Crippen LogP contribution in [0.25, 0.3) is 17.1 Å². The first-order valence-electron chi connectivity index (χ1n) is 10.1. The summed E-state index contributed by atoms with van der Waals surface area (Å²) in [4.78, 5) is 12.8. The summed E-state index contributed by atoms with van der Waals surface area (Å²) in [6.45, 7) is 3.86. The second-order valence-electron chi connectivity index (χ2n) is 7.29. The van der Waals surface area contributed by atoms with Crippen LogP contribution in [0.3, 0.4) is 0 Å². The Morgan fingerprint density at radius 2 is 1.78 bits per heavy atom. The van der Waals surface area contributed by atoms with E-state index in [9.17, 15) is 4.79 Å². The summed E-state index contributed by atoms with van der Waals surface area (Å²) < 4.78 is 1.97. The number of amides is 1. The van der Waals surface area contributed by atoms with Crippen LogP contribution in [0.4, 0.5) is 5.69 Å². The van der Waals surface area contributed by atoms with E-state index in [1.807, 2.05) is 73.0 Å². The zero-order valence-electron chi connectivity index (χ0n) is 17.7. The van der Waals surface area contributed by atoms with Gasteiger partial charge in [0.1, 0.15) is 0 Å². The lowest BCUT2D eigenvalue weighted by atomic mass is 10.2. The Bertz CT molecular complexity index is 1280. The van der Waals surface area contributed by atoms with Gasteiger partial charge in [0.25, 0.3) is 0 Å². The molecule has 4 aromatic rings. The van der Waals surface area contributed by atoms with Gasteiger partial charge in [-0.1, -0.05) is 65.9 Å². The molecule has 7 heteroatoms. The maximum absolute atomic E-state index is 12.8. The first-order chi connectivity index (χ1) is 15.5. The van der Waals surface area contributed by atoms with Crippen LogP contribution in [0.1, 0.15) is 18.1 Å². The molecule has 158 valence electrons. The van der Waals surface area contributed by atoms with Crippen LogP contribution in [0, 0.1) is 18.3 Å². The minimum Gasteiger partial charge on any atom is -0.325 e. The van der Waals surface area contributed by atoms with Gasteiger partial charge >= 0.3 is 0 Å². The highest BCUT2D eigenvalue weighted by Crippen LogP contribution is 2.30. The fourth-order valence-corrected chi connectivity index (χ4v) is 4.04. The number of benzene rings is 3. The number of carbonyl (C=O) groups excluding carboxylic acids is 1. The molecule has 1 atom stereocenters. The molecule has 32 heavy (non-hydrogen) atoms. The van der Waals surface area contributed by atoms with E-state index in [4.69, 9.17) is 5.26 Å². The average molecular weight is 440 g/mol. The molecule has 4 rings (SSSR count). The molecule has 0 spiro atoms. The third-order valence-electron chi connectivity index (χ3n) is 4.87. The van der Waals surface area contributed by atoms with E-state index in [0.717, 1.165) is 16.8 Å². The SMILES string of the molecule is Cc1ccc(-n2c(SC(C)C(=O)Nc3cccc(C#N)c3)nnc2-c2ccccc2)cc1. The molecule has 1 heterocycles. The van der Waals surface area contributed by atoms with E-state index in [1.165, 1.54) is 11.8 Å². The normalized spacial score (nSPS) is 11.5. The van der Waals surface area contributed by atoms with E-state index >= 15 is 0 Å². The standard InChI is InChI=1S/C25H21N5OS/c1-17-11-13-22(14-12-17)30-23(20-8-4-3-5-9-20)28-29-25(30)32-18(2)24(31)27-21-10-6-7-19(15-21)16-26/h3-15,18H,1-2H3,(H,27,31). The minimum absolute atomic E-state index is 0.176. The summed E-state index contributed by atoms with van der Waals surface area (Å²) in [5.74, 6) is 0.538. The maximum atomic E-state index is 12.8. The number of thioether (sulfide) groups is 1. The molecule has 1 aromatic heterocycles. The topological polar surface area (TPSA) is 83.6 Å². The highest BCUT2D eigenvalue weighted by molar-refractivity contribution is 8.00. The predicted molar refractivity (Wildman–Crippen MR) is 127 cm³/mol. The van der Waals surface area contributed by atoms with Gasteiger partial charge in [-0.25, -0.2) is 0 Å². The summed E-state index contributed by atoms with van der Waals surface area (Å²) in [6, 6.07) is 26.9. The van der Waals surface area contributed by atoms with Crippen molar-refractivity contribution in [3.63, 3.8) is 0 Å². The number of aryl methyl sites for hydroxylation is 1. The van der Waals surface area contributed by atoms with Crippen molar-refractivity contribution in [2.24, 2.45) is 0 Å². The Morgan fingerprint density at radius 1 is 1.03 bits per heavy atom. The van der Waals surface area contributed by atoms with Gasteiger partial charge in [-0.05, 0) is 44.2 Å². The number of nitrogens with zero attached hydrogens (tertiary/aromatic N) is 4. The van der Waals surface area contributed by atoms with Gasteiger partial charge in [0, 0.05) is 16.9 Å². The number of rotatable bonds is 6. The number of hydrogen-bond donors (Lipinski definition) is 1. The van der Waals surface area contributed by atoms with Crippen molar-refractivity contribution in [3.05, 3.63) is 90.0 Å². The van der Waals surface area contributed by atoms with Gasteiger partial charge in [-0.3, -0.25) is 9.36 Å². The molecule has 0 saturated carbocycles. The van der Waals surface area contributed by atoms with Crippen LogP contribution >= 0.6 is 11.8 Å². The first-order valence-corrected chi connectivity index (χ1v) is 11.0. The van der Waals surface area contributed by atoms with E-state index in [1.54, 1.807) is 24.3 Å². The second kappa shape index (κ2) is 9.50. The van der Waals surface area contributed by atoms with Gasteiger partial charge in [-0.15, -0.1) is 10.2 Å². The first kappa shape index (κ1) is 21.3. The molecular formula is C25H21N5OS. The fraction of sp³-hybridized carbons (Fsp3) is 0.120. The summed E-state index contributed by atoms with van der Waals surface area (Å²) in [7, 11) is 0. The molecule has 6 nitrogen and oxygen atoms in total. The molecule has 0 aliphatic carbocycles. The molecule has 3 aromatic carbocycles. The summed E-state index contributed by atoms with van der Waals surface area (Å²) >= 11 is 1.33. The molecule has 1 unspecified atom stereocenters. The van der Waals surface area contributed by atoms with Crippen molar-refractivity contribution in [3.8, 4) is 23.1 Å². The molecule has 1 amide bonds. The lowest BCUT2D eigenvalue weighted by molar-refractivity contribution is -0.115. The van der Waals surface area contributed by atoms with Gasteiger partial charge in [0.2, 0.25) is 5.91 Å². The predicted octanol–water partition coefficient (Wildman–Crippen LogP) is 5.23. The van der Waals surface area contributed by atoms with E-state index in [0.29, 0.717) is 22.2 Å². The Labute approximate surface area is 190 Å². The summed E-state index contributed by atoms with van der Waals surface area (Å²) in [5, 5.41) is 21.0. The van der Waals surface area contributed by atoms with Crippen LogP contribution in [-0.2, 0) is 4.79 Å². The highest BCUT2D eigenvalue weighted by Gasteiger charge is 2.22. The quantitative estimate of drug-likeness (QED) is 0.416. The Balaban J connectivity index is 1.63.